The van der Waals surface area contributed by atoms with Crippen molar-refractivity contribution in [1.82, 2.24) is 19.9 Å². The summed E-state index contributed by atoms with van der Waals surface area (Å²) in [5.74, 6) is 0.540. The van der Waals surface area contributed by atoms with Gasteiger partial charge in [-0.15, -0.1) is 0 Å². The van der Waals surface area contributed by atoms with Crippen LogP contribution in [0.5, 0.6) is 5.75 Å². The quantitative estimate of drug-likeness (QED) is 0.565. The van der Waals surface area contributed by atoms with Crippen molar-refractivity contribution < 1.29 is 9.53 Å². The van der Waals surface area contributed by atoms with E-state index in [4.69, 9.17) is 4.74 Å². The molecule has 25 heavy (non-hydrogen) atoms. The minimum Gasteiger partial charge on any atom is -0.490 e. The zero-order valence-electron chi connectivity index (χ0n) is 13.4. The Morgan fingerprint density at radius 1 is 1.20 bits per heavy atom. The Morgan fingerprint density at radius 2 is 2.04 bits per heavy atom. The van der Waals surface area contributed by atoms with Crippen LogP contribution in [0.15, 0.2) is 67.5 Å². The molecule has 1 N–H and O–H groups in total. The third kappa shape index (κ3) is 5.28. The summed E-state index contributed by atoms with van der Waals surface area (Å²) in [5.41, 5.74) is 0.623. The molecule has 2 aromatic heterocycles. The van der Waals surface area contributed by atoms with Crippen molar-refractivity contribution in [1.29, 1.82) is 0 Å². The minimum absolute atomic E-state index is 0.128. The Kier molecular flexibility index (Phi) is 5.99. The van der Waals surface area contributed by atoms with Crippen LogP contribution in [0.1, 0.15) is 10.4 Å². The summed E-state index contributed by atoms with van der Waals surface area (Å²) in [6, 6.07) is 10.9. The lowest BCUT2D eigenvalue weighted by Crippen LogP contribution is -2.42. The topological polar surface area (TPSA) is 69.0 Å². The molecule has 0 saturated heterocycles. The Labute approximate surface area is 159 Å². The van der Waals surface area contributed by atoms with Gasteiger partial charge in [0.15, 0.2) is 0 Å². The van der Waals surface area contributed by atoms with E-state index in [2.05, 4.69) is 37.9 Å². The first-order valence-electron chi connectivity index (χ1n) is 7.76. The van der Waals surface area contributed by atoms with Crippen molar-refractivity contribution in [3.63, 3.8) is 0 Å². The van der Waals surface area contributed by atoms with Gasteiger partial charge in [-0.1, -0.05) is 0 Å². The van der Waals surface area contributed by atoms with Gasteiger partial charge >= 0.3 is 0 Å². The fourth-order valence-corrected chi connectivity index (χ4v) is 2.65. The number of hydrogen-bond donors (Lipinski definition) is 1. The number of benzene rings is 1. The van der Waals surface area contributed by atoms with Crippen LogP contribution in [-0.4, -0.2) is 33.1 Å². The van der Waals surface area contributed by atoms with Gasteiger partial charge in [0, 0.05) is 34.3 Å². The van der Waals surface area contributed by atoms with Gasteiger partial charge in [-0.2, -0.15) is 0 Å². The molecule has 3 rings (SSSR count). The first kappa shape index (κ1) is 17.4. The molecule has 0 saturated carbocycles. The number of imidazole rings is 1. The molecule has 6 nitrogen and oxygen atoms in total. The zero-order chi connectivity index (χ0) is 17.5. The number of nitrogens with zero attached hydrogens (tertiary/aromatic N) is 3. The van der Waals surface area contributed by atoms with Crippen LogP contribution < -0.4 is 10.1 Å². The molecule has 1 unspecified atom stereocenters. The smallest absolute Gasteiger partial charge is 0.251 e. The molecule has 0 radical (unpaired) electrons. The number of carbonyl (C=O) groups excluding carboxylic acids is 1. The summed E-state index contributed by atoms with van der Waals surface area (Å²) in [5, 5.41) is 3.03. The SMILES string of the molecule is O=C(NC(COc1cccnc1)Cn1ccnc1)c1ccc(I)cc1. The minimum atomic E-state index is -0.207. The summed E-state index contributed by atoms with van der Waals surface area (Å²) in [6.45, 7) is 0.899. The Bertz CT molecular complexity index is 792. The first-order chi connectivity index (χ1) is 12.2. The third-order valence-corrected chi connectivity index (χ3v) is 4.24. The van der Waals surface area contributed by atoms with E-state index in [1.165, 1.54) is 0 Å². The maximum Gasteiger partial charge on any atom is 0.251 e. The predicted octanol–water partition coefficient (Wildman–Crippen LogP) is 2.76. The highest BCUT2D eigenvalue weighted by Gasteiger charge is 2.15. The summed E-state index contributed by atoms with van der Waals surface area (Å²) in [7, 11) is 0. The van der Waals surface area contributed by atoms with E-state index in [-0.39, 0.29) is 11.9 Å². The highest BCUT2D eigenvalue weighted by molar-refractivity contribution is 14.1. The van der Waals surface area contributed by atoms with E-state index in [1.54, 1.807) is 24.9 Å². The normalized spacial score (nSPS) is 11.7. The van der Waals surface area contributed by atoms with Crippen molar-refractivity contribution in [3.05, 3.63) is 76.6 Å². The Balaban J connectivity index is 1.66. The number of aromatic nitrogens is 3. The van der Waals surface area contributed by atoms with Gasteiger partial charge in [0.2, 0.25) is 0 Å². The van der Waals surface area contributed by atoms with Crippen molar-refractivity contribution in [2.75, 3.05) is 6.61 Å². The molecule has 7 heteroatoms. The molecule has 0 spiro atoms. The van der Waals surface area contributed by atoms with Crippen LogP contribution in [0, 0.1) is 3.57 Å². The van der Waals surface area contributed by atoms with Crippen LogP contribution in [0.25, 0.3) is 0 Å². The lowest BCUT2D eigenvalue weighted by molar-refractivity contribution is 0.0915. The molecule has 0 aliphatic carbocycles. The molecule has 0 aliphatic rings. The maximum absolute atomic E-state index is 12.5. The molecule has 3 aromatic rings. The van der Waals surface area contributed by atoms with Gasteiger partial charge in [-0.3, -0.25) is 9.78 Å². The number of pyridine rings is 1. The molecule has 1 aromatic carbocycles. The lowest BCUT2D eigenvalue weighted by atomic mass is 10.2. The second-order valence-electron chi connectivity index (χ2n) is 5.44. The number of hydrogen-bond acceptors (Lipinski definition) is 4. The fraction of sp³-hybridized carbons (Fsp3) is 0.167. The number of nitrogens with one attached hydrogen (secondary N) is 1. The Hall–Kier alpha value is -2.42. The molecule has 0 aliphatic heterocycles. The Morgan fingerprint density at radius 3 is 2.72 bits per heavy atom. The number of ether oxygens (including phenoxy) is 1. The van der Waals surface area contributed by atoms with E-state index in [0.29, 0.717) is 24.5 Å². The number of rotatable bonds is 7. The molecule has 1 atom stereocenters. The van der Waals surface area contributed by atoms with Crippen LogP contribution in [0.3, 0.4) is 0 Å². The summed E-state index contributed by atoms with van der Waals surface area (Å²) in [4.78, 5) is 20.6. The van der Waals surface area contributed by atoms with Gasteiger partial charge in [0.25, 0.3) is 5.91 Å². The summed E-state index contributed by atoms with van der Waals surface area (Å²) < 4.78 is 8.76. The molecule has 1 amide bonds. The molecule has 0 fully saturated rings. The second-order valence-corrected chi connectivity index (χ2v) is 6.68. The number of halogens is 1. The average molecular weight is 448 g/mol. The largest absolute Gasteiger partial charge is 0.490 e. The van der Waals surface area contributed by atoms with Crippen LogP contribution in [0.4, 0.5) is 0 Å². The van der Waals surface area contributed by atoms with Crippen molar-refractivity contribution >= 4 is 28.5 Å². The molecular weight excluding hydrogens is 431 g/mol. The van der Waals surface area contributed by atoms with Crippen LogP contribution in [0.2, 0.25) is 0 Å². The molecule has 128 valence electrons. The van der Waals surface area contributed by atoms with Gasteiger partial charge in [-0.25, -0.2) is 4.98 Å². The summed E-state index contributed by atoms with van der Waals surface area (Å²) in [6.07, 6.45) is 8.62. The lowest BCUT2D eigenvalue weighted by Gasteiger charge is -2.20. The number of carbonyl (C=O) groups is 1. The highest BCUT2D eigenvalue weighted by Crippen LogP contribution is 2.09. The molecular formula is C18H17IN4O2. The van der Waals surface area contributed by atoms with E-state index in [0.717, 1.165) is 3.57 Å². The van der Waals surface area contributed by atoms with Gasteiger partial charge in [0.05, 0.1) is 18.6 Å². The highest BCUT2D eigenvalue weighted by atomic mass is 127. The molecule has 0 bridgehead atoms. The van der Waals surface area contributed by atoms with Crippen LogP contribution >= 0.6 is 22.6 Å². The van der Waals surface area contributed by atoms with Crippen molar-refractivity contribution in [2.24, 2.45) is 0 Å². The van der Waals surface area contributed by atoms with E-state index < -0.39 is 0 Å². The van der Waals surface area contributed by atoms with Gasteiger partial charge < -0.3 is 14.6 Å². The summed E-state index contributed by atoms with van der Waals surface area (Å²) >= 11 is 2.21. The monoisotopic (exact) mass is 448 g/mol. The van der Waals surface area contributed by atoms with E-state index >= 15 is 0 Å². The zero-order valence-corrected chi connectivity index (χ0v) is 15.5. The third-order valence-electron chi connectivity index (χ3n) is 3.52. The predicted molar refractivity (Wildman–Crippen MR) is 102 cm³/mol. The van der Waals surface area contributed by atoms with Crippen molar-refractivity contribution in [3.8, 4) is 5.75 Å². The van der Waals surface area contributed by atoms with Gasteiger partial charge in [0.1, 0.15) is 12.4 Å². The van der Waals surface area contributed by atoms with Gasteiger partial charge in [-0.05, 0) is 59.0 Å². The fourth-order valence-electron chi connectivity index (χ4n) is 2.29. The van der Waals surface area contributed by atoms with E-state index in [9.17, 15) is 4.79 Å². The second kappa shape index (κ2) is 8.61. The maximum atomic E-state index is 12.5. The molecule has 2 heterocycles. The standard InChI is InChI=1S/C18H17IN4O2/c19-15-5-3-14(4-6-15)18(24)22-16(11-23-9-8-21-13-23)12-25-17-2-1-7-20-10-17/h1-10,13,16H,11-12H2,(H,22,24). The number of amides is 1. The van der Waals surface area contributed by atoms with Crippen LogP contribution in [-0.2, 0) is 6.54 Å². The first-order valence-corrected chi connectivity index (χ1v) is 8.83. The van der Waals surface area contributed by atoms with Crippen molar-refractivity contribution in [2.45, 2.75) is 12.6 Å². The van der Waals surface area contributed by atoms with E-state index in [1.807, 2.05) is 47.2 Å². The average Bonchev–Trinajstić information content (AvgIpc) is 3.14.